The van der Waals surface area contributed by atoms with Crippen LogP contribution in [0.4, 0.5) is 21.8 Å². The van der Waals surface area contributed by atoms with E-state index in [4.69, 9.17) is 11.6 Å². The van der Waals surface area contributed by atoms with Gasteiger partial charge in [-0.25, -0.2) is 9.37 Å². The van der Waals surface area contributed by atoms with Gasteiger partial charge in [-0.1, -0.05) is 25.4 Å². The molecule has 0 aliphatic heterocycles. The van der Waals surface area contributed by atoms with Crippen LogP contribution in [0.3, 0.4) is 0 Å². The monoisotopic (exact) mass is 308 g/mol. The van der Waals surface area contributed by atoms with Gasteiger partial charge in [0.05, 0.1) is 5.02 Å². The van der Waals surface area contributed by atoms with Crippen molar-refractivity contribution in [3.8, 4) is 0 Å². The molecular formula is C15H18ClFN4. The number of benzene rings is 1. The number of hydrogen-bond acceptors (Lipinski definition) is 4. The average Bonchev–Trinajstić information content (AvgIpc) is 2.43. The van der Waals surface area contributed by atoms with Gasteiger partial charge in [-0.15, -0.1) is 0 Å². The first-order chi connectivity index (χ1) is 10.0. The van der Waals surface area contributed by atoms with Gasteiger partial charge in [-0.2, -0.15) is 4.98 Å². The summed E-state index contributed by atoms with van der Waals surface area (Å²) in [6.07, 6.45) is 2.73. The summed E-state index contributed by atoms with van der Waals surface area (Å²) in [4.78, 5) is 8.48. The Balaban J connectivity index is 2.01. The summed E-state index contributed by atoms with van der Waals surface area (Å²) in [5, 5.41) is 6.30. The summed E-state index contributed by atoms with van der Waals surface area (Å²) in [6, 6.07) is 6.20. The van der Waals surface area contributed by atoms with Crippen LogP contribution in [0.15, 0.2) is 30.5 Å². The first-order valence-electron chi connectivity index (χ1n) is 6.83. The molecule has 0 radical (unpaired) electrons. The Hall–Kier alpha value is -1.88. The van der Waals surface area contributed by atoms with Crippen molar-refractivity contribution in [3.05, 3.63) is 41.3 Å². The predicted octanol–water partition coefficient (Wildman–Crippen LogP) is 4.47. The van der Waals surface area contributed by atoms with E-state index in [2.05, 4.69) is 34.4 Å². The van der Waals surface area contributed by atoms with Gasteiger partial charge in [-0.3, -0.25) is 0 Å². The third-order valence-electron chi connectivity index (χ3n) is 2.86. The lowest BCUT2D eigenvalue weighted by atomic mass is 10.1. The Kier molecular flexibility index (Phi) is 5.33. The van der Waals surface area contributed by atoms with Gasteiger partial charge in [0.25, 0.3) is 0 Å². The van der Waals surface area contributed by atoms with Crippen molar-refractivity contribution < 1.29 is 4.39 Å². The van der Waals surface area contributed by atoms with Crippen LogP contribution in [0.2, 0.25) is 5.02 Å². The maximum atomic E-state index is 13.1. The van der Waals surface area contributed by atoms with Crippen molar-refractivity contribution in [3.63, 3.8) is 0 Å². The molecule has 112 valence electrons. The van der Waals surface area contributed by atoms with E-state index >= 15 is 0 Å². The van der Waals surface area contributed by atoms with Crippen molar-refractivity contribution in [1.82, 2.24) is 9.97 Å². The highest BCUT2D eigenvalue weighted by Crippen LogP contribution is 2.21. The molecule has 0 spiro atoms. The highest BCUT2D eigenvalue weighted by Gasteiger charge is 2.04. The minimum atomic E-state index is -0.452. The second kappa shape index (κ2) is 7.22. The molecule has 1 aromatic heterocycles. The second-order valence-electron chi connectivity index (χ2n) is 5.13. The van der Waals surface area contributed by atoms with Gasteiger partial charge in [0, 0.05) is 18.4 Å². The molecule has 2 N–H and O–H groups in total. The van der Waals surface area contributed by atoms with Crippen molar-refractivity contribution >= 4 is 29.1 Å². The zero-order chi connectivity index (χ0) is 15.2. The van der Waals surface area contributed by atoms with Gasteiger partial charge in [0.2, 0.25) is 5.95 Å². The molecule has 0 fully saturated rings. The molecule has 2 aromatic rings. The summed E-state index contributed by atoms with van der Waals surface area (Å²) in [5.41, 5.74) is 0.640. The van der Waals surface area contributed by atoms with E-state index in [0.717, 1.165) is 18.8 Å². The summed E-state index contributed by atoms with van der Waals surface area (Å²) >= 11 is 5.74. The van der Waals surface area contributed by atoms with Crippen molar-refractivity contribution in [2.45, 2.75) is 20.3 Å². The fourth-order valence-corrected chi connectivity index (χ4v) is 1.89. The number of halogens is 2. The lowest BCUT2D eigenvalue weighted by molar-refractivity contribution is 0.606. The molecule has 0 aliphatic carbocycles. The van der Waals surface area contributed by atoms with E-state index in [1.165, 1.54) is 12.1 Å². The third kappa shape index (κ3) is 4.86. The van der Waals surface area contributed by atoms with Crippen LogP contribution >= 0.6 is 11.6 Å². The number of rotatable bonds is 6. The van der Waals surface area contributed by atoms with Gasteiger partial charge in [-0.05, 0) is 36.6 Å². The van der Waals surface area contributed by atoms with Crippen LogP contribution in [-0.4, -0.2) is 16.5 Å². The lowest BCUT2D eigenvalue weighted by Crippen LogP contribution is -2.07. The molecule has 0 saturated heterocycles. The maximum absolute atomic E-state index is 13.1. The standard InChI is InChI=1S/C15H18ClFN4/c1-10(2)5-7-18-14-6-8-19-15(21-14)20-11-3-4-13(17)12(16)9-11/h3-4,6,8-10H,5,7H2,1-2H3,(H2,18,19,20,21). The van der Waals surface area contributed by atoms with Gasteiger partial charge >= 0.3 is 0 Å². The Morgan fingerprint density at radius 3 is 2.81 bits per heavy atom. The molecule has 6 heteroatoms. The molecule has 2 rings (SSSR count). The number of nitrogens with zero attached hydrogens (tertiary/aromatic N) is 2. The van der Waals surface area contributed by atoms with E-state index in [1.807, 2.05) is 6.07 Å². The molecule has 1 heterocycles. The number of hydrogen-bond donors (Lipinski definition) is 2. The first-order valence-corrected chi connectivity index (χ1v) is 7.21. The molecule has 0 unspecified atom stereocenters. The molecule has 0 aliphatic rings. The fourth-order valence-electron chi connectivity index (χ4n) is 1.71. The van der Waals surface area contributed by atoms with Crippen LogP contribution in [0.1, 0.15) is 20.3 Å². The molecule has 0 saturated carbocycles. The summed E-state index contributed by atoms with van der Waals surface area (Å²) in [5.74, 6) is 1.37. The second-order valence-corrected chi connectivity index (χ2v) is 5.54. The normalized spacial score (nSPS) is 10.7. The molecule has 4 nitrogen and oxygen atoms in total. The van der Waals surface area contributed by atoms with Crippen LogP contribution < -0.4 is 10.6 Å². The van der Waals surface area contributed by atoms with Crippen molar-refractivity contribution in [2.24, 2.45) is 5.92 Å². The van der Waals surface area contributed by atoms with E-state index < -0.39 is 5.82 Å². The highest BCUT2D eigenvalue weighted by molar-refractivity contribution is 6.31. The lowest BCUT2D eigenvalue weighted by Gasteiger charge is -2.09. The smallest absolute Gasteiger partial charge is 0.229 e. The minimum absolute atomic E-state index is 0.0613. The Morgan fingerprint density at radius 1 is 1.29 bits per heavy atom. The van der Waals surface area contributed by atoms with Crippen LogP contribution in [-0.2, 0) is 0 Å². The average molecular weight is 309 g/mol. The third-order valence-corrected chi connectivity index (χ3v) is 3.15. The maximum Gasteiger partial charge on any atom is 0.229 e. The molecule has 1 aromatic carbocycles. The quantitative estimate of drug-likeness (QED) is 0.826. The molecule has 21 heavy (non-hydrogen) atoms. The molecule has 0 amide bonds. The Morgan fingerprint density at radius 2 is 2.10 bits per heavy atom. The van der Waals surface area contributed by atoms with Crippen LogP contribution in [0.25, 0.3) is 0 Å². The summed E-state index contributed by atoms with van der Waals surface area (Å²) < 4.78 is 13.1. The highest BCUT2D eigenvalue weighted by atomic mass is 35.5. The van der Waals surface area contributed by atoms with Gasteiger partial charge in [0.15, 0.2) is 0 Å². The molecule has 0 bridgehead atoms. The molecule has 0 atom stereocenters. The topological polar surface area (TPSA) is 49.8 Å². The van der Waals surface area contributed by atoms with Crippen molar-refractivity contribution in [2.75, 3.05) is 17.2 Å². The Bertz CT molecular complexity index is 604. The molecular weight excluding hydrogens is 291 g/mol. The largest absolute Gasteiger partial charge is 0.370 e. The predicted molar refractivity (Wildman–Crippen MR) is 84.7 cm³/mol. The summed E-state index contributed by atoms with van der Waals surface area (Å²) in [7, 11) is 0. The SMILES string of the molecule is CC(C)CCNc1ccnc(Nc2ccc(F)c(Cl)c2)n1. The van der Waals surface area contributed by atoms with Crippen LogP contribution in [0.5, 0.6) is 0 Å². The fraction of sp³-hybridized carbons (Fsp3) is 0.333. The van der Waals surface area contributed by atoms with Gasteiger partial charge in [0.1, 0.15) is 11.6 Å². The number of aromatic nitrogens is 2. The van der Waals surface area contributed by atoms with Crippen molar-refractivity contribution in [1.29, 1.82) is 0 Å². The number of anilines is 3. The first kappa shape index (κ1) is 15.5. The minimum Gasteiger partial charge on any atom is -0.370 e. The van der Waals surface area contributed by atoms with Gasteiger partial charge < -0.3 is 10.6 Å². The zero-order valence-electron chi connectivity index (χ0n) is 12.0. The van der Waals surface area contributed by atoms with E-state index in [0.29, 0.717) is 17.6 Å². The summed E-state index contributed by atoms with van der Waals surface area (Å²) in [6.45, 7) is 5.20. The number of nitrogens with one attached hydrogen (secondary N) is 2. The van der Waals surface area contributed by atoms with E-state index in [9.17, 15) is 4.39 Å². The Labute approximate surface area is 128 Å². The van der Waals surface area contributed by atoms with Crippen LogP contribution in [0, 0.1) is 11.7 Å². The zero-order valence-corrected chi connectivity index (χ0v) is 12.8. The van der Waals surface area contributed by atoms with E-state index in [-0.39, 0.29) is 5.02 Å². The van der Waals surface area contributed by atoms with E-state index in [1.54, 1.807) is 12.3 Å².